The lowest BCUT2D eigenvalue weighted by Gasteiger charge is -2.01. The standard InChI is InChI=1S/C11H14O5.C9H10O5/c1-2-14-10(12)7-8-11(13)16-15-9-5-3-4-6-9;10-8(11)5-6-9(12)14-13-7-3-1-2-4-7/h5,7-8H,2-4,6H2,1H3;3,5-6H,1-2,4H2,(H,10,11). The highest BCUT2D eigenvalue weighted by atomic mass is 17.2. The Balaban J connectivity index is 0.000000303. The zero-order valence-electron chi connectivity index (χ0n) is 16.5. The first kappa shape index (κ1) is 24.5. The number of rotatable bonds is 9. The molecule has 0 aliphatic heterocycles. The molecule has 30 heavy (non-hydrogen) atoms. The number of allylic oxidation sites excluding steroid dienone is 4. The number of esters is 1. The molecule has 10 nitrogen and oxygen atoms in total. The molecular formula is C20H24O10. The Morgan fingerprint density at radius 2 is 1.30 bits per heavy atom. The molecule has 0 heterocycles. The zero-order chi connectivity index (χ0) is 22.2. The maximum atomic E-state index is 11.0. The summed E-state index contributed by atoms with van der Waals surface area (Å²) in [6, 6.07) is 0. The van der Waals surface area contributed by atoms with Crippen molar-refractivity contribution in [2.24, 2.45) is 0 Å². The average Bonchev–Trinajstić information content (AvgIpc) is 3.42. The van der Waals surface area contributed by atoms with E-state index in [2.05, 4.69) is 19.4 Å². The Hall–Kier alpha value is -3.56. The Morgan fingerprint density at radius 1 is 0.833 bits per heavy atom. The van der Waals surface area contributed by atoms with Crippen LogP contribution >= 0.6 is 0 Å². The van der Waals surface area contributed by atoms with E-state index < -0.39 is 23.9 Å². The van der Waals surface area contributed by atoms with Crippen molar-refractivity contribution < 1.29 is 48.6 Å². The number of carboxylic acid groups (broad SMARTS) is 1. The summed E-state index contributed by atoms with van der Waals surface area (Å²) >= 11 is 0. The third kappa shape index (κ3) is 12.0. The number of hydrogen-bond donors (Lipinski definition) is 1. The topological polar surface area (TPSA) is 135 Å². The lowest BCUT2D eigenvalue weighted by atomic mass is 10.4. The average molecular weight is 424 g/mol. The van der Waals surface area contributed by atoms with E-state index in [9.17, 15) is 19.2 Å². The molecular weight excluding hydrogens is 400 g/mol. The van der Waals surface area contributed by atoms with Gasteiger partial charge in [0.15, 0.2) is 11.5 Å². The number of carbonyl (C=O) groups is 4. The van der Waals surface area contributed by atoms with E-state index in [4.69, 9.17) is 9.99 Å². The summed E-state index contributed by atoms with van der Waals surface area (Å²) in [4.78, 5) is 60.9. The van der Waals surface area contributed by atoms with Gasteiger partial charge in [-0.25, -0.2) is 29.0 Å². The molecule has 0 radical (unpaired) electrons. The van der Waals surface area contributed by atoms with Gasteiger partial charge in [-0.15, -0.1) is 0 Å². The quantitative estimate of drug-likeness (QED) is 0.255. The van der Waals surface area contributed by atoms with Crippen molar-refractivity contribution in [2.45, 2.75) is 45.4 Å². The number of ether oxygens (including phenoxy) is 1. The minimum absolute atomic E-state index is 0.265. The zero-order valence-corrected chi connectivity index (χ0v) is 16.5. The second kappa shape index (κ2) is 14.4. The van der Waals surface area contributed by atoms with Crippen LogP contribution in [0.3, 0.4) is 0 Å². The normalized spacial score (nSPS) is 15.0. The third-order valence-electron chi connectivity index (χ3n) is 3.46. The van der Waals surface area contributed by atoms with Crippen molar-refractivity contribution in [3.63, 3.8) is 0 Å². The molecule has 1 N–H and O–H groups in total. The summed E-state index contributed by atoms with van der Waals surface area (Å²) in [5, 5.41) is 8.20. The smallest absolute Gasteiger partial charge is 0.379 e. The Morgan fingerprint density at radius 3 is 1.70 bits per heavy atom. The molecule has 0 bridgehead atoms. The van der Waals surface area contributed by atoms with Crippen molar-refractivity contribution in [3.05, 3.63) is 48.0 Å². The van der Waals surface area contributed by atoms with Gasteiger partial charge in [-0.3, -0.25) is 9.78 Å². The molecule has 0 aromatic heterocycles. The van der Waals surface area contributed by atoms with Crippen LogP contribution in [-0.2, 0) is 43.5 Å². The van der Waals surface area contributed by atoms with E-state index in [0.717, 1.165) is 56.8 Å². The van der Waals surface area contributed by atoms with Crippen molar-refractivity contribution in [3.8, 4) is 0 Å². The molecule has 10 heteroatoms. The largest absolute Gasteiger partial charge is 0.478 e. The molecule has 0 spiro atoms. The molecule has 164 valence electrons. The third-order valence-corrected chi connectivity index (χ3v) is 3.46. The molecule has 0 saturated heterocycles. The first-order valence-corrected chi connectivity index (χ1v) is 9.31. The summed E-state index contributed by atoms with van der Waals surface area (Å²) in [5.41, 5.74) is 0. The highest BCUT2D eigenvalue weighted by Crippen LogP contribution is 2.19. The second-order valence-corrected chi connectivity index (χ2v) is 5.85. The van der Waals surface area contributed by atoms with Gasteiger partial charge in [0.25, 0.3) is 0 Å². The van der Waals surface area contributed by atoms with Gasteiger partial charge in [0, 0.05) is 37.1 Å². The van der Waals surface area contributed by atoms with Gasteiger partial charge in [-0.05, 0) is 44.8 Å². The van der Waals surface area contributed by atoms with Crippen LogP contribution in [0.1, 0.15) is 45.4 Å². The fourth-order valence-corrected chi connectivity index (χ4v) is 2.14. The number of hydrogen-bond acceptors (Lipinski definition) is 9. The van der Waals surface area contributed by atoms with E-state index in [1.54, 1.807) is 6.92 Å². The first-order chi connectivity index (χ1) is 14.4. The monoisotopic (exact) mass is 424 g/mol. The van der Waals surface area contributed by atoms with E-state index in [1.807, 2.05) is 12.2 Å². The molecule has 2 rings (SSSR count). The number of aliphatic carboxylic acids is 1. The van der Waals surface area contributed by atoms with Gasteiger partial charge in [0.05, 0.1) is 6.61 Å². The molecule has 0 aromatic rings. The second-order valence-electron chi connectivity index (χ2n) is 5.85. The molecule has 0 aromatic carbocycles. The van der Waals surface area contributed by atoms with Gasteiger partial charge in [0.2, 0.25) is 0 Å². The highest BCUT2D eigenvalue weighted by molar-refractivity contribution is 5.91. The van der Waals surface area contributed by atoms with Crippen LogP contribution in [0.25, 0.3) is 0 Å². The van der Waals surface area contributed by atoms with Crippen LogP contribution in [0.5, 0.6) is 0 Å². The number of carbonyl (C=O) groups excluding carboxylic acids is 3. The fourth-order valence-electron chi connectivity index (χ4n) is 2.14. The summed E-state index contributed by atoms with van der Waals surface area (Å²) in [6.07, 6.45) is 12.5. The summed E-state index contributed by atoms with van der Waals surface area (Å²) in [6.45, 7) is 1.95. The summed E-state index contributed by atoms with van der Waals surface area (Å²) in [7, 11) is 0. The molecule has 0 saturated carbocycles. The predicted octanol–water partition coefficient (Wildman–Crippen LogP) is 2.82. The van der Waals surface area contributed by atoms with Crippen LogP contribution in [-0.4, -0.2) is 35.6 Å². The highest BCUT2D eigenvalue weighted by Gasteiger charge is 2.09. The summed E-state index contributed by atoms with van der Waals surface area (Å²) in [5.74, 6) is -2.09. The van der Waals surface area contributed by atoms with Crippen LogP contribution in [0, 0.1) is 0 Å². The minimum atomic E-state index is -1.21. The summed E-state index contributed by atoms with van der Waals surface area (Å²) < 4.78 is 4.58. The fraction of sp³-hybridized carbons (Fsp3) is 0.400. The lowest BCUT2D eigenvalue weighted by Crippen LogP contribution is -2.04. The van der Waals surface area contributed by atoms with Crippen molar-refractivity contribution in [1.29, 1.82) is 0 Å². The van der Waals surface area contributed by atoms with Crippen LogP contribution < -0.4 is 0 Å². The van der Waals surface area contributed by atoms with E-state index in [-0.39, 0.29) is 6.61 Å². The minimum Gasteiger partial charge on any atom is -0.478 e. The van der Waals surface area contributed by atoms with Crippen molar-refractivity contribution in [2.75, 3.05) is 6.61 Å². The van der Waals surface area contributed by atoms with Crippen LogP contribution in [0.2, 0.25) is 0 Å². The predicted molar refractivity (Wildman–Crippen MR) is 101 cm³/mol. The Bertz CT molecular complexity index is 730. The van der Waals surface area contributed by atoms with Crippen molar-refractivity contribution in [1.82, 2.24) is 0 Å². The lowest BCUT2D eigenvalue weighted by molar-refractivity contribution is -0.243. The van der Waals surface area contributed by atoms with Gasteiger partial charge in [0.1, 0.15) is 0 Å². The number of carboxylic acids is 1. The molecule has 0 atom stereocenters. The van der Waals surface area contributed by atoms with Crippen LogP contribution in [0.15, 0.2) is 48.0 Å². The van der Waals surface area contributed by atoms with Crippen molar-refractivity contribution >= 4 is 23.9 Å². The van der Waals surface area contributed by atoms with Gasteiger partial charge >= 0.3 is 23.9 Å². The SMILES string of the molecule is CCOC(=O)C=CC(=O)OOC1=CCCC1.O=C(O)C=CC(=O)OOC1=CCCC1. The molecule has 2 aliphatic rings. The molecule has 0 amide bonds. The molecule has 0 fully saturated rings. The first-order valence-electron chi connectivity index (χ1n) is 9.31. The maximum Gasteiger partial charge on any atom is 0.379 e. The Labute approximate surface area is 173 Å². The van der Waals surface area contributed by atoms with E-state index >= 15 is 0 Å². The Kier molecular flexibility index (Phi) is 11.8. The van der Waals surface area contributed by atoms with Gasteiger partial charge < -0.3 is 9.84 Å². The molecule has 0 unspecified atom stereocenters. The van der Waals surface area contributed by atoms with Gasteiger partial charge in [-0.1, -0.05) is 0 Å². The molecule has 2 aliphatic carbocycles. The van der Waals surface area contributed by atoms with E-state index in [0.29, 0.717) is 17.6 Å². The van der Waals surface area contributed by atoms with E-state index in [1.165, 1.54) is 0 Å². The maximum absolute atomic E-state index is 11.0. The van der Waals surface area contributed by atoms with Crippen LogP contribution in [0.4, 0.5) is 0 Å². The van der Waals surface area contributed by atoms with Gasteiger partial charge in [-0.2, -0.15) is 0 Å².